The van der Waals surface area contributed by atoms with Crippen LogP contribution in [0, 0.1) is 22.0 Å². The monoisotopic (exact) mass is 363 g/mol. The van der Waals surface area contributed by atoms with E-state index in [-0.39, 0.29) is 23.0 Å². The van der Waals surface area contributed by atoms with Gasteiger partial charge in [-0.25, -0.2) is 14.6 Å². The minimum atomic E-state index is -0.705. The summed E-state index contributed by atoms with van der Waals surface area (Å²) in [5, 5.41) is 11.4. The first-order valence-electron chi connectivity index (χ1n) is 8.58. The zero-order valence-corrected chi connectivity index (χ0v) is 14.7. The van der Waals surface area contributed by atoms with Gasteiger partial charge in [0.05, 0.1) is 24.2 Å². The molecular formula is C17H21N3O6. The molecule has 1 aromatic rings. The SMILES string of the molecule is COC(=O)c1cnc(N2CCC[C@H]2C(=O)OC[C@H]2CC2C)c([N+](=O)[O-])c1. The van der Waals surface area contributed by atoms with Gasteiger partial charge in [0.1, 0.15) is 6.04 Å². The number of aromatic nitrogens is 1. The van der Waals surface area contributed by atoms with Crippen molar-refractivity contribution in [2.75, 3.05) is 25.2 Å². The molecule has 140 valence electrons. The molecule has 2 heterocycles. The molecule has 1 saturated carbocycles. The third kappa shape index (κ3) is 3.61. The second-order valence-electron chi connectivity index (χ2n) is 6.77. The number of carbonyl (C=O) groups excluding carboxylic acids is 2. The number of anilines is 1. The number of ether oxygens (including phenoxy) is 2. The van der Waals surface area contributed by atoms with Gasteiger partial charge in [0.2, 0.25) is 5.82 Å². The van der Waals surface area contributed by atoms with E-state index < -0.39 is 16.9 Å². The number of nitro groups is 1. The average molecular weight is 363 g/mol. The van der Waals surface area contributed by atoms with Crippen LogP contribution in [0.15, 0.2) is 12.3 Å². The fourth-order valence-corrected chi connectivity index (χ4v) is 3.21. The molecule has 0 N–H and O–H groups in total. The highest BCUT2D eigenvalue weighted by atomic mass is 16.6. The third-order valence-corrected chi connectivity index (χ3v) is 4.98. The Bertz CT molecular complexity index is 737. The zero-order chi connectivity index (χ0) is 18.8. The van der Waals surface area contributed by atoms with Gasteiger partial charge in [0.15, 0.2) is 0 Å². The maximum atomic E-state index is 12.4. The predicted molar refractivity (Wildman–Crippen MR) is 90.8 cm³/mol. The Morgan fingerprint density at radius 2 is 2.19 bits per heavy atom. The van der Waals surface area contributed by atoms with Gasteiger partial charge in [-0.05, 0) is 31.1 Å². The summed E-state index contributed by atoms with van der Waals surface area (Å²) in [5.41, 5.74) is -0.340. The van der Waals surface area contributed by atoms with E-state index in [0.717, 1.165) is 12.5 Å². The van der Waals surface area contributed by atoms with Crippen molar-refractivity contribution >= 4 is 23.4 Å². The van der Waals surface area contributed by atoms with Crippen LogP contribution in [0.1, 0.15) is 36.5 Å². The molecule has 3 atom stereocenters. The molecule has 9 nitrogen and oxygen atoms in total. The minimum Gasteiger partial charge on any atom is -0.465 e. The van der Waals surface area contributed by atoms with E-state index in [1.54, 1.807) is 4.90 Å². The average Bonchev–Trinajstić information content (AvgIpc) is 3.13. The van der Waals surface area contributed by atoms with Crippen molar-refractivity contribution < 1.29 is 24.0 Å². The van der Waals surface area contributed by atoms with Gasteiger partial charge in [0.25, 0.3) is 0 Å². The second kappa shape index (κ2) is 7.27. The predicted octanol–water partition coefficient (Wildman–Crippen LogP) is 1.94. The molecule has 0 aromatic carbocycles. The lowest BCUT2D eigenvalue weighted by Gasteiger charge is -2.24. The van der Waals surface area contributed by atoms with Crippen LogP contribution in [0.5, 0.6) is 0 Å². The molecule has 1 aromatic heterocycles. The van der Waals surface area contributed by atoms with E-state index in [2.05, 4.69) is 16.6 Å². The molecule has 0 spiro atoms. The number of hydrogen-bond donors (Lipinski definition) is 0. The minimum absolute atomic E-state index is 0.0102. The Morgan fingerprint density at radius 1 is 1.46 bits per heavy atom. The molecule has 0 radical (unpaired) electrons. The summed E-state index contributed by atoms with van der Waals surface area (Å²) in [6, 6.07) is 0.528. The molecule has 2 fully saturated rings. The van der Waals surface area contributed by atoms with Crippen molar-refractivity contribution in [3.63, 3.8) is 0 Å². The Morgan fingerprint density at radius 3 is 2.81 bits per heavy atom. The molecule has 9 heteroatoms. The molecule has 1 aliphatic carbocycles. The highest BCUT2D eigenvalue weighted by molar-refractivity contribution is 5.91. The Labute approximate surface area is 150 Å². The van der Waals surface area contributed by atoms with Crippen LogP contribution in [0.3, 0.4) is 0 Å². The summed E-state index contributed by atoms with van der Waals surface area (Å²) in [4.78, 5) is 40.5. The number of methoxy groups -OCH3 is 1. The normalized spacial score (nSPS) is 24.2. The Kier molecular flexibility index (Phi) is 5.06. The zero-order valence-electron chi connectivity index (χ0n) is 14.7. The lowest BCUT2D eigenvalue weighted by molar-refractivity contribution is -0.384. The van der Waals surface area contributed by atoms with Crippen LogP contribution in [0.4, 0.5) is 11.5 Å². The number of pyridine rings is 1. The van der Waals surface area contributed by atoms with Crippen molar-refractivity contribution in [1.29, 1.82) is 0 Å². The molecule has 1 saturated heterocycles. The second-order valence-corrected chi connectivity index (χ2v) is 6.77. The molecule has 1 unspecified atom stereocenters. The third-order valence-electron chi connectivity index (χ3n) is 4.98. The van der Waals surface area contributed by atoms with E-state index in [4.69, 9.17) is 4.74 Å². The van der Waals surface area contributed by atoms with E-state index in [1.807, 2.05) is 0 Å². The summed E-state index contributed by atoms with van der Waals surface area (Å²) in [6.45, 7) is 2.96. The molecule has 2 aliphatic rings. The first kappa shape index (κ1) is 18.1. The van der Waals surface area contributed by atoms with Gasteiger partial charge in [-0.3, -0.25) is 10.1 Å². The standard InChI is InChI=1S/C17H21N3O6/c1-10-6-12(10)9-26-17(22)13-4-3-5-19(13)15-14(20(23)24)7-11(8-18-15)16(21)25-2/h7-8,10,12-13H,3-6,9H2,1-2H3/t10?,12-,13+/m1/s1. The van der Waals surface area contributed by atoms with Gasteiger partial charge in [-0.15, -0.1) is 0 Å². The van der Waals surface area contributed by atoms with Crippen molar-refractivity contribution in [3.8, 4) is 0 Å². The smallest absolute Gasteiger partial charge is 0.339 e. The summed E-state index contributed by atoms with van der Waals surface area (Å²) < 4.78 is 9.97. The van der Waals surface area contributed by atoms with Gasteiger partial charge in [0, 0.05) is 18.8 Å². The molecule has 0 bridgehead atoms. The lowest BCUT2D eigenvalue weighted by atomic mass is 10.2. The molecule has 3 rings (SSSR count). The molecule has 26 heavy (non-hydrogen) atoms. The number of nitrogens with zero attached hydrogens (tertiary/aromatic N) is 3. The van der Waals surface area contributed by atoms with Crippen LogP contribution in [-0.2, 0) is 14.3 Å². The molecular weight excluding hydrogens is 342 g/mol. The maximum Gasteiger partial charge on any atom is 0.339 e. The first-order valence-corrected chi connectivity index (χ1v) is 8.58. The van der Waals surface area contributed by atoms with E-state index >= 15 is 0 Å². The largest absolute Gasteiger partial charge is 0.465 e. The van der Waals surface area contributed by atoms with Crippen LogP contribution in [0.25, 0.3) is 0 Å². The van der Waals surface area contributed by atoms with Crippen LogP contribution in [0.2, 0.25) is 0 Å². The van der Waals surface area contributed by atoms with E-state index in [1.165, 1.54) is 13.3 Å². The van der Waals surface area contributed by atoms with Gasteiger partial charge >= 0.3 is 17.6 Å². The Balaban J connectivity index is 1.80. The summed E-state index contributed by atoms with van der Waals surface area (Å²) in [6.07, 6.45) is 3.54. The van der Waals surface area contributed by atoms with Crippen LogP contribution in [-0.4, -0.2) is 48.1 Å². The summed E-state index contributed by atoms with van der Waals surface area (Å²) in [5.74, 6) is -0.0172. The van der Waals surface area contributed by atoms with Crippen LogP contribution < -0.4 is 4.90 Å². The van der Waals surface area contributed by atoms with Gasteiger partial charge in [-0.1, -0.05) is 6.92 Å². The summed E-state index contributed by atoms with van der Waals surface area (Å²) in [7, 11) is 1.19. The van der Waals surface area contributed by atoms with E-state index in [9.17, 15) is 19.7 Å². The van der Waals surface area contributed by atoms with E-state index in [0.29, 0.717) is 37.8 Å². The first-order chi connectivity index (χ1) is 12.4. The number of carbonyl (C=O) groups is 2. The number of hydrogen-bond acceptors (Lipinski definition) is 8. The Hall–Kier alpha value is -2.71. The fraction of sp³-hybridized carbons (Fsp3) is 0.588. The van der Waals surface area contributed by atoms with Crippen molar-refractivity contribution in [2.24, 2.45) is 11.8 Å². The van der Waals surface area contributed by atoms with Crippen molar-refractivity contribution in [2.45, 2.75) is 32.2 Å². The fourth-order valence-electron chi connectivity index (χ4n) is 3.21. The number of esters is 2. The van der Waals surface area contributed by atoms with Gasteiger partial charge in [-0.2, -0.15) is 0 Å². The number of rotatable bonds is 6. The summed E-state index contributed by atoms with van der Waals surface area (Å²) >= 11 is 0. The van der Waals surface area contributed by atoms with Crippen LogP contribution >= 0.6 is 0 Å². The topological polar surface area (TPSA) is 112 Å². The maximum absolute atomic E-state index is 12.4. The molecule has 1 aliphatic heterocycles. The van der Waals surface area contributed by atoms with Crippen molar-refractivity contribution in [1.82, 2.24) is 4.98 Å². The lowest BCUT2D eigenvalue weighted by Crippen LogP contribution is -2.38. The quantitative estimate of drug-likeness (QED) is 0.428. The van der Waals surface area contributed by atoms with Crippen molar-refractivity contribution in [3.05, 3.63) is 27.9 Å². The van der Waals surface area contributed by atoms with Gasteiger partial charge < -0.3 is 14.4 Å². The highest BCUT2D eigenvalue weighted by Crippen LogP contribution is 2.38. The highest BCUT2D eigenvalue weighted by Gasteiger charge is 2.39. The molecule has 0 amide bonds.